The maximum Gasteiger partial charge on any atom is 0.294 e. The molecule has 1 aliphatic carbocycles. The third-order valence-corrected chi connectivity index (χ3v) is 4.84. The van der Waals surface area contributed by atoms with Crippen LogP contribution in [0.25, 0.3) is 5.69 Å². The van der Waals surface area contributed by atoms with Gasteiger partial charge >= 0.3 is 0 Å². The van der Waals surface area contributed by atoms with Crippen LogP contribution in [-0.4, -0.2) is 9.36 Å². The van der Waals surface area contributed by atoms with E-state index in [0.29, 0.717) is 11.6 Å². The minimum absolute atomic E-state index is 0.124. The average molecular weight is 336 g/mol. The van der Waals surface area contributed by atoms with Crippen LogP contribution in [0.15, 0.2) is 33.5 Å². The second-order valence-electron chi connectivity index (χ2n) is 5.37. The van der Waals surface area contributed by atoms with Crippen molar-refractivity contribution in [2.45, 2.75) is 31.6 Å². The summed E-state index contributed by atoms with van der Waals surface area (Å²) in [5.74, 6) is 0.413. The van der Waals surface area contributed by atoms with Gasteiger partial charge in [-0.05, 0) is 40.9 Å². The first-order valence-corrected chi connectivity index (χ1v) is 7.73. The molecule has 0 amide bonds. The largest absolute Gasteiger partial charge is 0.393 e. The Morgan fingerprint density at radius 3 is 2.55 bits per heavy atom. The van der Waals surface area contributed by atoms with Gasteiger partial charge in [0.25, 0.3) is 5.56 Å². The van der Waals surface area contributed by atoms with Crippen molar-refractivity contribution in [2.75, 3.05) is 5.73 Å². The lowest BCUT2D eigenvalue weighted by Gasteiger charge is -2.14. The molecule has 1 aromatic heterocycles. The van der Waals surface area contributed by atoms with E-state index >= 15 is 0 Å². The van der Waals surface area contributed by atoms with Crippen LogP contribution >= 0.6 is 15.9 Å². The third kappa shape index (κ3) is 2.00. The Balaban J connectivity index is 2.21. The second-order valence-corrected chi connectivity index (χ2v) is 6.23. The maximum atomic E-state index is 12.5. The van der Waals surface area contributed by atoms with Gasteiger partial charge in [0.1, 0.15) is 5.69 Å². The number of para-hydroxylation sites is 1. The highest BCUT2D eigenvalue weighted by molar-refractivity contribution is 9.10. The van der Waals surface area contributed by atoms with E-state index in [9.17, 15) is 4.79 Å². The highest BCUT2D eigenvalue weighted by atomic mass is 79.9. The van der Waals surface area contributed by atoms with Gasteiger partial charge in [-0.3, -0.25) is 9.48 Å². The lowest BCUT2D eigenvalue weighted by atomic mass is 10.0. The van der Waals surface area contributed by atoms with Crippen LogP contribution in [0.4, 0.5) is 5.69 Å². The van der Waals surface area contributed by atoms with Gasteiger partial charge in [-0.1, -0.05) is 25.0 Å². The number of rotatable bonds is 2. The Kier molecular flexibility index (Phi) is 3.46. The number of aromatic nitrogens is 2. The molecule has 0 bridgehead atoms. The molecule has 1 heterocycles. The fourth-order valence-corrected chi connectivity index (χ4v) is 3.67. The van der Waals surface area contributed by atoms with Crippen LogP contribution in [0.3, 0.4) is 0 Å². The Hall–Kier alpha value is -1.49. The minimum atomic E-state index is -0.124. The first kappa shape index (κ1) is 13.5. The number of nitrogens with zero attached hydrogens (tertiary/aromatic N) is 2. The highest BCUT2D eigenvalue weighted by Crippen LogP contribution is 2.36. The Bertz CT molecular complexity index is 696. The number of nitrogens with two attached hydrogens (primary N) is 1. The molecule has 20 heavy (non-hydrogen) atoms. The summed E-state index contributed by atoms with van der Waals surface area (Å²) in [6.07, 6.45) is 4.69. The summed E-state index contributed by atoms with van der Waals surface area (Å²) in [6, 6.07) is 7.71. The molecule has 5 heteroatoms. The first-order valence-electron chi connectivity index (χ1n) is 6.93. The van der Waals surface area contributed by atoms with Crippen LogP contribution in [0, 0.1) is 0 Å². The number of halogens is 1. The second kappa shape index (κ2) is 5.13. The summed E-state index contributed by atoms with van der Waals surface area (Å²) in [4.78, 5) is 12.5. The molecule has 0 radical (unpaired) electrons. The van der Waals surface area contributed by atoms with Gasteiger partial charge in [0.2, 0.25) is 0 Å². The Morgan fingerprint density at radius 2 is 1.90 bits per heavy atom. The van der Waals surface area contributed by atoms with Gasteiger partial charge in [-0.15, -0.1) is 0 Å². The number of hydrogen-bond acceptors (Lipinski definition) is 2. The number of anilines is 1. The maximum absolute atomic E-state index is 12.5. The SMILES string of the molecule is Cn1c(C2CCCC2)c(N)c(=O)n1-c1ccccc1Br. The van der Waals surface area contributed by atoms with Gasteiger partial charge in [-0.2, -0.15) is 0 Å². The van der Waals surface area contributed by atoms with E-state index in [1.807, 2.05) is 36.0 Å². The Labute approximate surface area is 126 Å². The van der Waals surface area contributed by atoms with Gasteiger partial charge in [0.05, 0.1) is 11.4 Å². The normalized spacial score (nSPS) is 15.9. The highest BCUT2D eigenvalue weighted by Gasteiger charge is 2.26. The molecule has 4 nitrogen and oxygen atoms in total. The zero-order valence-corrected chi connectivity index (χ0v) is 13.1. The summed E-state index contributed by atoms with van der Waals surface area (Å²) >= 11 is 3.50. The van der Waals surface area contributed by atoms with Crippen molar-refractivity contribution in [3.05, 3.63) is 44.8 Å². The van der Waals surface area contributed by atoms with E-state index in [-0.39, 0.29) is 5.56 Å². The zero-order chi connectivity index (χ0) is 14.3. The zero-order valence-electron chi connectivity index (χ0n) is 11.5. The molecule has 1 saturated carbocycles. The molecule has 2 N–H and O–H groups in total. The molecule has 0 unspecified atom stereocenters. The lowest BCUT2D eigenvalue weighted by molar-refractivity contribution is 0.568. The third-order valence-electron chi connectivity index (χ3n) is 4.17. The quantitative estimate of drug-likeness (QED) is 0.916. The monoisotopic (exact) mass is 335 g/mol. The average Bonchev–Trinajstić information content (AvgIpc) is 3.01. The van der Waals surface area contributed by atoms with Gasteiger partial charge in [0.15, 0.2) is 0 Å². The van der Waals surface area contributed by atoms with Crippen molar-refractivity contribution >= 4 is 21.6 Å². The van der Waals surface area contributed by atoms with Crippen molar-refractivity contribution in [1.29, 1.82) is 0 Å². The number of nitrogen functional groups attached to an aromatic ring is 1. The molecule has 106 valence electrons. The van der Waals surface area contributed by atoms with E-state index in [2.05, 4.69) is 15.9 Å². The predicted octanol–water partition coefficient (Wildman–Crippen LogP) is 3.18. The molecular formula is C15H18BrN3O. The predicted molar refractivity (Wildman–Crippen MR) is 84.3 cm³/mol. The van der Waals surface area contributed by atoms with E-state index < -0.39 is 0 Å². The summed E-state index contributed by atoms with van der Waals surface area (Å²) in [5, 5.41) is 0. The molecule has 3 rings (SSSR count). The molecular weight excluding hydrogens is 318 g/mol. The van der Waals surface area contributed by atoms with Crippen molar-refractivity contribution in [3.8, 4) is 5.69 Å². The van der Waals surface area contributed by atoms with Crippen LogP contribution in [0.5, 0.6) is 0 Å². The topological polar surface area (TPSA) is 52.9 Å². The molecule has 1 fully saturated rings. The molecule has 1 aliphatic rings. The molecule has 1 aromatic carbocycles. The molecule has 0 spiro atoms. The van der Waals surface area contributed by atoms with Crippen LogP contribution in [0.1, 0.15) is 37.3 Å². The lowest BCUT2D eigenvalue weighted by Crippen LogP contribution is -2.21. The standard InChI is InChI=1S/C15H18BrN3O/c1-18-14(10-6-2-3-7-10)13(17)15(20)19(18)12-9-5-4-8-11(12)16/h4-5,8-10H,2-3,6-7,17H2,1H3. The molecule has 0 atom stereocenters. The number of hydrogen-bond donors (Lipinski definition) is 1. The number of benzene rings is 1. The fraction of sp³-hybridized carbons (Fsp3) is 0.400. The van der Waals surface area contributed by atoms with Crippen LogP contribution in [-0.2, 0) is 7.05 Å². The van der Waals surface area contributed by atoms with Crippen LogP contribution < -0.4 is 11.3 Å². The fourth-order valence-electron chi connectivity index (χ4n) is 3.22. The first-order chi connectivity index (χ1) is 9.61. The Morgan fingerprint density at radius 1 is 1.25 bits per heavy atom. The summed E-state index contributed by atoms with van der Waals surface area (Å²) in [5.41, 5.74) is 8.20. The van der Waals surface area contributed by atoms with E-state index in [0.717, 1.165) is 28.7 Å². The molecule has 2 aromatic rings. The van der Waals surface area contributed by atoms with Crippen molar-refractivity contribution in [3.63, 3.8) is 0 Å². The van der Waals surface area contributed by atoms with Crippen LogP contribution in [0.2, 0.25) is 0 Å². The van der Waals surface area contributed by atoms with E-state index in [1.54, 1.807) is 4.68 Å². The van der Waals surface area contributed by atoms with E-state index in [4.69, 9.17) is 5.73 Å². The van der Waals surface area contributed by atoms with Crippen molar-refractivity contribution < 1.29 is 0 Å². The summed E-state index contributed by atoms with van der Waals surface area (Å²) in [6.45, 7) is 0. The summed E-state index contributed by atoms with van der Waals surface area (Å²) < 4.78 is 4.47. The molecule has 0 aliphatic heterocycles. The van der Waals surface area contributed by atoms with Crippen molar-refractivity contribution in [2.24, 2.45) is 7.05 Å². The van der Waals surface area contributed by atoms with Gasteiger partial charge in [0, 0.05) is 17.4 Å². The van der Waals surface area contributed by atoms with E-state index in [1.165, 1.54) is 12.8 Å². The van der Waals surface area contributed by atoms with Crippen molar-refractivity contribution in [1.82, 2.24) is 9.36 Å². The minimum Gasteiger partial charge on any atom is -0.393 e. The smallest absolute Gasteiger partial charge is 0.294 e. The van der Waals surface area contributed by atoms with Gasteiger partial charge in [-0.25, -0.2) is 4.68 Å². The summed E-state index contributed by atoms with van der Waals surface area (Å²) in [7, 11) is 1.92. The van der Waals surface area contributed by atoms with Gasteiger partial charge < -0.3 is 5.73 Å². The molecule has 0 saturated heterocycles.